The lowest BCUT2D eigenvalue weighted by Crippen LogP contribution is -2.40. The van der Waals surface area contributed by atoms with E-state index in [4.69, 9.17) is 4.74 Å². The van der Waals surface area contributed by atoms with Gasteiger partial charge in [0, 0.05) is 19.5 Å². The Kier molecular flexibility index (Phi) is 7.95. The molecule has 0 atom stereocenters. The zero-order valence-corrected chi connectivity index (χ0v) is 18.8. The molecule has 0 bridgehead atoms. The number of nitrogens with zero attached hydrogens (tertiary/aromatic N) is 2. The number of sulfonamides is 1. The number of amides is 1. The van der Waals surface area contributed by atoms with Crippen molar-refractivity contribution in [2.24, 2.45) is 5.10 Å². The number of hydrogen-bond acceptors (Lipinski definition) is 5. The summed E-state index contributed by atoms with van der Waals surface area (Å²) >= 11 is 0. The molecule has 0 saturated carbocycles. The minimum Gasteiger partial charge on any atom is -0.379 e. The summed E-state index contributed by atoms with van der Waals surface area (Å²) in [7, 11) is -3.50. The van der Waals surface area contributed by atoms with Crippen LogP contribution in [0.2, 0.25) is 0 Å². The van der Waals surface area contributed by atoms with E-state index < -0.39 is 10.0 Å². The van der Waals surface area contributed by atoms with Crippen LogP contribution in [0.1, 0.15) is 42.9 Å². The summed E-state index contributed by atoms with van der Waals surface area (Å²) in [6.07, 6.45) is 2.38. The number of aryl methyl sites for hydroxylation is 1. The average molecular weight is 444 g/mol. The first-order valence-electron chi connectivity index (χ1n) is 10.4. The Labute approximate surface area is 184 Å². The van der Waals surface area contributed by atoms with Gasteiger partial charge in [0.25, 0.3) is 0 Å². The molecule has 0 radical (unpaired) electrons. The van der Waals surface area contributed by atoms with Gasteiger partial charge in [-0.15, -0.1) is 0 Å². The Morgan fingerprint density at radius 3 is 2.35 bits per heavy atom. The summed E-state index contributed by atoms with van der Waals surface area (Å²) in [4.78, 5) is 12.3. The summed E-state index contributed by atoms with van der Waals surface area (Å²) in [6.45, 7) is 5.84. The van der Waals surface area contributed by atoms with E-state index in [-0.39, 0.29) is 17.2 Å². The van der Waals surface area contributed by atoms with Gasteiger partial charge in [0.1, 0.15) is 0 Å². The van der Waals surface area contributed by atoms with Crippen molar-refractivity contribution in [2.45, 2.75) is 37.5 Å². The molecule has 166 valence electrons. The molecule has 31 heavy (non-hydrogen) atoms. The first-order valence-corrected chi connectivity index (χ1v) is 11.9. The lowest BCUT2D eigenvalue weighted by molar-refractivity contribution is -0.121. The van der Waals surface area contributed by atoms with Gasteiger partial charge in [0.15, 0.2) is 0 Å². The van der Waals surface area contributed by atoms with Crippen LogP contribution in [0.5, 0.6) is 0 Å². The number of hydrazone groups is 1. The van der Waals surface area contributed by atoms with Gasteiger partial charge in [0.05, 0.1) is 24.3 Å². The molecule has 0 aromatic heterocycles. The fourth-order valence-corrected chi connectivity index (χ4v) is 4.63. The summed E-state index contributed by atoms with van der Waals surface area (Å²) in [5.41, 5.74) is 5.60. The molecule has 0 aliphatic carbocycles. The highest BCUT2D eigenvalue weighted by molar-refractivity contribution is 7.89. The molecular weight excluding hydrogens is 414 g/mol. The first-order chi connectivity index (χ1) is 14.9. The van der Waals surface area contributed by atoms with E-state index >= 15 is 0 Å². The molecule has 2 aromatic carbocycles. The van der Waals surface area contributed by atoms with Gasteiger partial charge in [0.2, 0.25) is 15.9 Å². The standard InChI is InChI=1S/C23H29N3O4S/c1-18(2)21-8-3-20(4-9-21)17-24-25-23(27)12-7-19-5-10-22(11-6-19)31(28,29)26-13-15-30-16-14-26/h3-6,8-11,17-18H,7,12-16H2,1-2H3,(H,25,27)/b24-17+. The second-order valence-corrected chi connectivity index (χ2v) is 9.71. The molecule has 0 spiro atoms. The number of carbonyl (C=O) groups is 1. The van der Waals surface area contributed by atoms with E-state index in [0.717, 1.165) is 11.1 Å². The highest BCUT2D eigenvalue weighted by atomic mass is 32.2. The van der Waals surface area contributed by atoms with E-state index in [1.54, 1.807) is 30.5 Å². The van der Waals surface area contributed by atoms with Crippen LogP contribution in [0, 0.1) is 0 Å². The van der Waals surface area contributed by atoms with Crippen LogP contribution in [0.4, 0.5) is 0 Å². The van der Waals surface area contributed by atoms with Crippen molar-refractivity contribution in [3.63, 3.8) is 0 Å². The zero-order chi connectivity index (χ0) is 22.3. The van der Waals surface area contributed by atoms with Gasteiger partial charge in [-0.25, -0.2) is 13.8 Å². The van der Waals surface area contributed by atoms with Crippen molar-refractivity contribution >= 4 is 22.1 Å². The number of rotatable bonds is 8. The third kappa shape index (κ3) is 6.46. The van der Waals surface area contributed by atoms with E-state index in [0.29, 0.717) is 38.6 Å². The second kappa shape index (κ2) is 10.7. The average Bonchev–Trinajstić information content (AvgIpc) is 2.79. The molecule has 2 aromatic rings. The summed E-state index contributed by atoms with van der Waals surface area (Å²) in [5.74, 6) is 0.277. The molecular formula is C23H29N3O4S. The van der Waals surface area contributed by atoms with Crippen LogP contribution in [0.25, 0.3) is 0 Å². The van der Waals surface area contributed by atoms with Crippen LogP contribution >= 0.6 is 0 Å². The highest BCUT2D eigenvalue weighted by Crippen LogP contribution is 2.18. The van der Waals surface area contributed by atoms with Gasteiger partial charge in [-0.05, 0) is 41.2 Å². The van der Waals surface area contributed by atoms with Crippen molar-refractivity contribution in [3.8, 4) is 0 Å². The van der Waals surface area contributed by atoms with E-state index in [1.807, 2.05) is 12.1 Å². The molecule has 1 saturated heterocycles. The Morgan fingerprint density at radius 2 is 1.74 bits per heavy atom. The predicted octanol–water partition coefficient (Wildman–Crippen LogP) is 2.91. The first kappa shape index (κ1) is 23.1. The number of carbonyl (C=O) groups excluding carboxylic acids is 1. The zero-order valence-electron chi connectivity index (χ0n) is 18.0. The van der Waals surface area contributed by atoms with Crippen LogP contribution in [0.3, 0.4) is 0 Å². The van der Waals surface area contributed by atoms with Crippen molar-refractivity contribution in [3.05, 3.63) is 65.2 Å². The minimum atomic E-state index is -3.50. The van der Waals surface area contributed by atoms with Crippen LogP contribution in [-0.4, -0.2) is 51.1 Å². The molecule has 8 heteroatoms. The third-order valence-electron chi connectivity index (χ3n) is 5.18. The van der Waals surface area contributed by atoms with Crippen molar-refractivity contribution in [1.29, 1.82) is 0 Å². The summed E-state index contributed by atoms with van der Waals surface area (Å²) < 4.78 is 31.9. The SMILES string of the molecule is CC(C)c1ccc(/C=N/NC(=O)CCc2ccc(S(=O)(=O)N3CCOCC3)cc2)cc1. The molecule has 1 aliphatic heterocycles. The summed E-state index contributed by atoms with van der Waals surface area (Å²) in [5, 5.41) is 4.01. The van der Waals surface area contributed by atoms with Crippen LogP contribution in [-0.2, 0) is 26.0 Å². The lowest BCUT2D eigenvalue weighted by atomic mass is 10.0. The fourth-order valence-electron chi connectivity index (χ4n) is 3.22. The Morgan fingerprint density at radius 1 is 1.10 bits per heavy atom. The van der Waals surface area contributed by atoms with Gasteiger partial charge in [-0.3, -0.25) is 4.79 Å². The molecule has 7 nitrogen and oxygen atoms in total. The van der Waals surface area contributed by atoms with Crippen molar-refractivity contribution < 1.29 is 17.9 Å². The van der Waals surface area contributed by atoms with Crippen LogP contribution in [0.15, 0.2) is 58.5 Å². The second-order valence-electron chi connectivity index (χ2n) is 7.77. The Hall–Kier alpha value is -2.55. The van der Waals surface area contributed by atoms with Crippen molar-refractivity contribution in [1.82, 2.24) is 9.73 Å². The Bertz CT molecular complexity index is 994. The predicted molar refractivity (Wildman–Crippen MR) is 121 cm³/mol. The van der Waals surface area contributed by atoms with Gasteiger partial charge >= 0.3 is 0 Å². The van der Waals surface area contributed by atoms with Crippen LogP contribution < -0.4 is 5.43 Å². The molecule has 1 fully saturated rings. The molecule has 1 aliphatic rings. The Balaban J connectivity index is 1.47. The van der Waals surface area contributed by atoms with E-state index in [2.05, 4.69) is 36.5 Å². The normalized spacial score (nSPS) is 15.5. The number of morpholine rings is 1. The highest BCUT2D eigenvalue weighted by Gasteiger charge is 2.26. The molecule has 3 rings (SSSR count). The largest absolute Gasteiger partial charge is 0.379 e. The van der Waals surface area contributed by atoms with E-state index in [9.17, 15) is 13.2 Å². The maximum Gasteiger partial charge on any atom is 0.243 e. The molecule has 1 N–H and O–H groups in total. The van der Waals surface area contributed by atoms with Gasteiger partial charge in [-0.1, -0.05) is 50.2 Å². The minimum absolute atomic E-state index is 0.194. The molecule has 0 unspecified atom stereocenters. The lowest BCUT2D eigenvalue weighted by Gasteiger charge is -2.26. The molecule has 1 heterocycles. The fraction of sp³-hybridized carbons (Fsp3) is 0.391. The van der Waals surface area contributed by atoms with E-state index in [1.165, 1.54) is 9.87 Å². The number of ether oxygens (including phenoxy) is 1. The monoisotopic (exact) mass is 443 g/mol. The third-order valence-corrected chi connectivity index (χ3v) is 7.09. The number of benzene rings is 2. The van der Waals surface area contributed by atoms with Gasteiger partial charge in [-0.2, -0.15) is 9.41 Å². The topological polar surface area (TPSA) is 88.1 Å². The smallest absolute Gasteiger partial charge is 0.243 e. The summed E-state index contributed by atoms with van der Waals surface area (Å²) in [6, 6.07) is 14.7. The quantitative estimate of drug-likeness (QED) is 0.502. The number of nitrogens with one attached hydrogen (secondary N) is 1. The maximum atomic E-state index is 12.6. The number of hydrogen-bond donors (Lipinski definition) is 1. The van der Waals surface area contributed by atoms with Crippen molar-refractivity contribution in [2.75, 3.05) is 26.3 Å². The maximum absolute atomic E-state index is 12.6. The molecule has 1 amide bonds. The van der Waals surface area contributed by atoms with Gasteiger partial charge < -0.3 is 4.74 Å².